The van der Waals surface area contributed by atoms with Crippen LogP contribution in [0.25, 0.3) is 0 Å². The van der Waals surface area contributed by atoms with Crippen LogP contribution in [0.3, 0.4) is 0 Å². The van der Waals surface area contributed by atoms with E-state index in [2.05, 4.69) is 257 Å². The summed E-state index contributed by atoms with van der Waals surface area (Å²) in [6.45, 7) is 15.1. The van der Waals surface area contributed by atoms with E-state index in [1.165, 1.54) is 66.0 Å². The van der Waals surface area contributed by atoms with Crippen LogP contribution in [-0.4, -0.2) is 208 Å². The standard InChI is InChI=1S/C22H28N2O.C19H24N2.C13H17NO.2C8H9Br.C5H9NO.C3H5ClO.4C2H6O.CH2O3.CH4O.CH4.2K.H/c1-2-22(25)24(20-11-7-4-8-12-20)21-14-17-23(18-15-21)16-13-19-9-5-3-6-10-19;1-3-7-17(8-4-1)11-14-21-15-12-19(13-16-21)20-18-9-5-2-6-10-18;15-13-7-10-14(11-8-13)9-6-12-4-2-1-3-5-12;2*9-7-6-8-4-2-1-3-5-8;7-5-1-3-6-4-2-5;1-2-3(4)5;4*1-3-2;2-1-4-3;1-2;;;;/h3-12,21H,2,13-18H2,1H3;1-10,19-20H,11-16H2;1-5H,6-11H2;2*1-5H,6-7H2;6H,1-4H2;2H2,1H3;4*1-2H3;1,3H;2H,1H3;1H4;;;/q;;;;;;;;;;;;;;2*+1;-1/p-1. The summed E-state index contributed by atoms with van der Waals surface area (Å²) in [6, 6.07) is 74.6. The molecular weight excluding hydrogens is 1620 g/mol. The predicted octanol–water partition coefficient (Wildman–Crippen LogP) is 10.0. The number of benzene rings is 7. The molecule has 7 aromatic rings. The smallest absolute Gasteiger partial charge is 1.00 e. The molecule has 4 heterocycles. The number of anilines is 2. The molecule has 1 amide bonds. The molecule has 0 aromatic heterocycles. The second kappa shape index (κ2) is 86.7. The van der Waals surface area contributed by atoms with E-state index < -0.39 is 0 Å². The van der Waals surface area contributed by atoms with Gasteiger partial charge in [0.2, 0.25) is 11.1 Å². The Hall–Kier alpha value is -3.59. The summed E-state index contributed by atoms with van der Waals surface area (Å²) < 4.78 is 17.0. The maximum Gasteiger partial charge on any atom is 1.00 e. The summed E-state index contributed by atoms with van der Waals surface area (Å²) in [5.74, 6) is 1.05. The number of aliphatic hydroxyl groups excluding tert-OH is 1. The number of nitrogens with one attached hydrogen (secondary N) is 2. The van der Waals surface area contributed by atoms with Crippen molar-refractivity contribution in [3.63, 3.8) is 0 Å². The van der Waals surface area contributed by atoms with Gasteiger partial charge in [-0.25, -0.2) is 0 Å². The summed E-state index contributed by atoms with van der Waals surface area (Å²) in [5, 5.41) is 24.0. The van der Waals surface area contributed by atoms with Crippen LogP contribution in [0.15, 0.2) is 212 Å². The number of hydrogen-bond acceptors (Lipinski definition) is 17. The van der Waals surface area contributed by atoms with Crippen molar-refractivity contribution >= 4 is 84.0 Å². The van der Waals surface area contributed by atoms with Crippen LogP contribution < -0.4 is 124 Å². The van der Waals surface area contributed by atoms with Crippen molar-refractivity contribution < 1.29 is 162 Å². The maximum atomic E-state index is 12.5. The van der Waals surface area contributed by atoms with Crippen molar-refractivity contribution in [2.45, 2.75) is 130 Å². The van der Waals surface area contributed by atoms with Gasteiger partial charge >= 0.3 is 103 Å². The molecule has 4 saturated heterocycles. The molecule has 0 bridgehead atoms. The topological polar surface area (TPSA) is 212 Å². The monoisotopic (exact) mass is 1750 g/mol. The van der Waals surface area contributed by atoms with Gasteiger partial charge in [-0.05, 0) is 121 Å². The normalized spacial score (nSPS) is 13.2. The number of methoxy groups -OCH3 is 4. The Morgan fingerprint density at radius 2 is 0.759 bits per heavy atom. The third kappa shape index (κ3) is 67.4. The van der Waals surface area contributed by atoms with Gasteiger partial charge in [0, 0.05) is 209 Å². The second-order valence-corrected chi connectivity index (χ2v) is 26.9. The number of carbonyl (C=O) groups excluding carboxylic acids is 5. The first-order valence-corrected chi connectivity index (χ1v) is 40.1. The van der Waals surface area contributed by atoms with Crippen LogP contribution in [0.1, 0.15) is 115 Å². The zero-order chi connectivity index (χ0) is 81.0. The summed E-state index contributed by atoms with van der Waals surface area (Å²) in [6.07, 6.45) is 14.1. The summed E-state index contributed by atoms with van der Waals surface area (Å²) in [4.78, 5) is 64.4. The Morgan fingerprint density at radius 1 is 0.491 bits per heavy atom. The van der Waals surface area contributed by atoms with Crippen LogP contribution in [0.2, 0.25) is 0 Å². The van der Waals surface area contributed by atoms with Gasteiger partial charge in [-0.3, -0.25) is 24.0 Å². The maximum absolute atomic E-state index is 12.5. The number of rotatable bonds is 20. The molecular formula is C89H135Br2ClK2N6O12. The first-order chi connectivity index (χ1) is 53.1. The molecule has 18 nitrogen and oxygen atoms in total. The molecule has 112 heavy (non-hydrogen) atoms. The molecule has 0 saturated carbocycles. The van der Waals surface area contributed by atoms with Gasteiger partial charge in [0.05, 0.1) is 0 Å². The molecule has 23 heteroatoms. The second-order valence-electron chi connectivity index (χ2n) is 24.9. The average molecular weight is 1750 g/mol. The number of aryl methyl sites for hydroxylation is 2. The number of ether oxygens (including phenoxy) is 4. The molecule has 4 aliphatic heterocycles. The van der Waals surface area contributed by atoms with E-state index in [0.29, 0.717) is 36.5 Å². The molecule has 0 radical (unpaired) electrons. The Kier molecular flexibility index (Phi) is 90.6. The van der Waals surface area contributed by atoms with Gasteiger partial charge in [-0.15, -0.1) is 0 Å². The zero-order valence-corrected chi connectivity index (χ0v) is 79.3. The first kappa shape index (κ1) is 117. The molecule has 0 spiro atoms. The largest absolute Gasteiger partial charge is 1.00 e. The van der Waals surface area contributed by atoms with E-state index in [1.807, 2.05) is 48.2 Å². The minimum atomic E-state index is -0.273. The first-order valence-electron chi connectivity index (χ1n) is 37.5. The number of ketones is 2. The minimum Gasteiger partial charge on any atom is -1.00 e. The van der Waals surface area contributed by atoms with Crippen LogP contribution in [0, 0.1) is 0 Å². The van der Waals surface area contributed by atoms with Crippen LogP contribution in [-0.2, 0) is 79.9 Å². The van der Waals surface area contributed by atoms with E-state index in [9.17, 15) is 19.2 Å². The molecule has 3 N–H and O–H groups in total. The third-order valence-corrected chi connectivity index (χ3v) is 17.3. The number of amides is 1. The van der Waals surface area contributed by atoms with Crippen molar-refractivity contribution in [1.29, 1.82) is 0 Å². The van der Waals surface area contributed by atoms with Gasteiger partial charge in [0.15, 0.2) is 0 Å². The average Bonchev–Trinajstić information content (AvgIpc) is 0.826. The molecule has 4 aliphatic rings. The Labute approximate surface area is 783 Å². The Morgan fingerprint density at radius 3 is 1.03 bits per heavy atom. The SMILES string of the molecule is BrCCc1ccccc1.BrCCc1ccccc1.C.CCC(=O)Cl.CCC(=O)N(c1ccccc1)C1CCN(CCc2ccccc2)CC1.CO.COC.COC.COC.COC.O=C1CCN(CCc2ccccc2)CC1.O=C1CCNCC1.O=CO[O-].[H-].[K+].[K+].c1ccc(CCN2CCC(Nc3ccccc3)CC2)cc1. The number of alkyl halides is 2. The van der Waals surface area contributed by atoms with Gasteiger partial charge in [-0.2, -0.15) is 0 Å². The van der Waals surface area contributed by atoms with Crippen LogP contribution in [0.5, 0.6) is 0 Å². The Bertz CT molecular complexity index is 3090. The summed E-state index contributed by atoms with van der Waals surface area (Å²) in [7, 11) is 14.0. The number of aliphatic hydroxyl groups is 1. The number of halogens is 3. The van der Waals surface area contributed by atoms with E-state index in [4.69, 9.17) is 26.8 Å². The van der Waals surface area contributed by atoms with Gasteiger partial charge in [-0.1, -0.05) is 241 Å². The van der Waals surface area contributed by atoms with Crippen molar-refractivity contribution in [2.24, 2.45) is 0 Å². The zero-order valence-electron chi connectivity index (χ0n) is 70.1. The molecule has 0 aliphatic carbocycles. The van der Waals surface area contributed by atoms with Gasteiger partial charge in [0.1, 0.15) is 11.6 Å². The fourth-order valence-electron chi connectivity index (χ4n) is 10.8. The van der Waals surface area contributed by atoms with Crippen molar-refractivity contribution in [3.05, 3.63) is 240 Å². The fraction of sp³-hybridized carbons (Fsp3) is 0.472. The van der Waals surface area contributed by atoms with Crippen molar-refractivity contribution in [1.82, 2.24) is 20.0 Å². The number of likely N-dealkylation sites (tertiary alicyclic amines) is 3. The van der Waals surface area contributed by atoms with E-state index in [1.54, 1.807) is 63.8 Å². The van der Waals surface area contributed by atoms with Crippen molar-refractivity contribution in [2.75, 3.05) is 157 Å². The van der Waals surface area contributed by atoms with E-state index in [-0.39, 0.29) is 129 Å². The molecule has 0 atom stereocenters. The quantitative estimate of drug-likeness (QED) is 0.0162. The van der Waals surface area contributed by atoms with E-state index in [0.717, 1.165) is 146 Å². The number of para-hydroxylation sites is 2. The number of carbonyl (C=O) groups is 5. The molecule has 4 fully saturated rings. The Balaban J connectivity index is -0.000000296. The molecule has 11 rings (SSSR count). The van der Waals surface area contributed by atoms with E-state index >= 15 is 0 Å². The number of hydrogen-bond donors (Lipinski definition) is 3. The number of Topliss-reactive ketones (excluding diaryl/α,β-unsaturated/α-hetero) is 2. The summed E-state index contributed by atoms with van der Waals surface area (Å²) in [5.41, 5.74) is 9.31. The van der Waals surface area contributed by atoms with Crippen LogP contribution in [0.4, 0.5) is 11.4 Å². The molecule has 616 valence electrons. The minimum absolute atomic E-state index is 0. The van der Waals surface area contributed by atoms with Crippen molar-refractivity contribution in [3.8, 4) is 0 Å². The van der Waals surface area contributed by atoms with Crippen LogP contribution >= 0.6 is 43.5 Å². The third-order valence-electron chi connectivity index (χ3n) is 16.3. The molecule has 0 unspecified atom stereocenters. The predicted molar refractivity (Wildman–Crippen MR) is 465 cm³/mol. The van der Waals surface area contributed by atoms with Gasteiger partial charge < -0.3 is 65.9 Å². The van der Waals surface area contributed by atoms with Gasteiger partial charge in [0.25, 0.3) is 6.47 Å². The number of piperidine rings is 4. The number of nitrogens with zero attached hydrogens (tertiary/aromatic N) is 4. The molecule has 7 aromatic carbocycles. The fourth-order valence-corrected chi connectivity index (χ4v) is 11.7. The summed E-state index contributed by atoms with van der Waals surface area (Å²) >= 11 is 11.6.